The minimum Gasteiger partial charge on any atom is -0.450 e. The van der Waals surface area contributed by atoms with Crippen LogP contribution in [0.4, 0.5) is 19.2 Å². The molecule has 292 valence electrons. The van der Waals surface area contributed by atoms with Gasteiger partial charge in [-0.05, 0) is 78.1 Å². The molecule has 6 aliphatic heterocycles. The summed E-state index contributed by atoms with van der Waals surface area (Å²) in [6, 6.07) is 3.54. The molecule has 2 aliphatic carbocycles. The second kappa shape index (κ2) is 17.0. The fraction of sp³-hybridized carbons (Fsp3) is 0.895. The van der Waals surface area contributed by atoms with Crippen LogP contribution in [-0.2, 0) is 9.47 Å². The van der Waals surface area contributed by atoms with Gasteiger partial charge in [-0.25, -0.2) is 19.2 Å². The molecule has 6 atom stereocenters. The van der Waals surface area contributed by atoms with Crippen LogP contribution in [0.3, 0.4) is 0 Å². The van der Waals surface area contributed by atoms with Gasteiger partial charge in [-0.2, -0.15) is 0 Å². The van der Waals surface area contributed by atoms with E-state index >= 15 is 0 Å². The number of hydrogen-bond donors (Lipinski definition) is 2. The highest BCUT2D eigenvalue weighted by molar-refractivity contribution is 5.78. The number of hydrogen-bond acceptors (Lipinski definition) is 8. The standard InChI is InChI=1S/2C19H32N4O3/c2*1-2-26-19(25)22-12-9-15(13-22)21-10-7-14(8-11-21)23-17-6-4-3-5-16(17)20-18(23)24/h2*14-17H,2-13H2,1H3,(H,20,24)/t15-,16+,17+;15-,16-,17-/m10/s1. The summed E-state index contributed by atoms with van der Waals surface area (Å²) in [4.78, 5) is 61.9. The summed E-state index contributed by atoms with van der Waals surface area (Å²) in [6.07, 6.45) is 15.4. The molecular weight excluding hydrogens is 664 g/mol. The Kier molecular flexibility index (Phi) is 12.2. The lowest BCUT2D eigenvalue weighted by Crippen LogP contribution is -2.52. The maximum Gasteiger partial charge on any atom is 0.409 e. The number of fused-ring (bicyclic) bond motifs is 2. The van der Waals surface area contributed by atoms with Crippen molar-refractivity contribution < 1.29 is 28.7 Å². The lowest BCUT2D eigenvalue weighted by atomic mass is 9.89. The third kappa shape index (κ3) is 8.07. The molecule has 0 unspecified atom stereocenters. The van der Waals surface area contributed by atoms with E-state index < -0.39 is 0 Å². The first-order chi connectivity index (χ1) is 25.3. The predicted octanol–water partition coefficient (Wildman–Crippen LogP) is 4.04. The van der Waals surface area contributed by atoms with Gasteiger partial charge in [-0.15, -0.1) is 0 Å². The Bertz CT molecular complexity index is 1160. The van der Waals surface area contributed by atoms with Gasteiger partial charge in [0, 0.05) is 76.5 Å². The van der Waals surface area contributed by atoms with Crippen molar-refractivity contribution >= 4 is 24.2 Å². The van der Waals surface area contributed by atoms with Crippen LogP contribution in [0, 0.1) is 0 Å². The van der Waals surface area contributed by atoms with Gasteiger partial charge in [0.2, 0.25) is 0 Å². The lowest BCUT2D eigenvalue weighted by Gasteiger charge is -2.41. The monoisotopic (exact) mass is 728 g/mol. The Morgan fingerprint density at radius 1 is 0.538 bits per heavy atom. The third-order valence-electron chi connectivity index (χ3n) is 13.5. The average molecular weight is 729 g/mol. The first-order valence-electron chi connectivity index (χ1n) is 20.8. The molecule has 14 nitrogen and oxygen atoms in total. The summed E-state index contributed by atoms with van der Waals surface area (Å²) >= 11 is 0. The molecule has 2 N–H and O–H groups in total. The van der Waals surface area contributed by atoms with Crippen molar-refractivity contribution in [1.82, 2.24) is 40.0 Å². The van der Waals surface area contributed by atoms with Crippen LogP contribution in [0.15, 0.2) is 0 Å². The molecule has 0 bridgehead atoms. The lowest BCUT2D eigenvalue weighted by molar-refractivity contribution is 0.0796. The fourth-order valence-electron chi connectivity index (χ4n) is 10.8. The van der Waals surface area contributed by atoms with E-state index in [0.29, 0.717) is 61.5 Å². The first-order valence-corrected chi connectivity index (χ1v) is 20.8. The molecule has 0 spiro atoms. The van der Waals surface area contributed by atoms with E-state index in [1.807, 2.05) is 23.6 Å². The normalized spacial score (nSPS) is 33.3. The fourth-order valence-corrected chi connectivity index (χ4v) is 10.8. The van der Waals surface area contributed by atoms with Gasteiger partial charge in [-0.1, -0.05) is 25.7 Å². The van der Waals surface area contributed by atoms with Crippen LogP contribution in [0.2, 0.25) is 0 Å². The van der Waals surface area contributed by atoms with Gasteiger partial charge >= 0.3 is 24.2 Å². The van der Waals surface area contributed by atoms with Crippen LogP contribution in [0.5, 0.6) is 0 Å². The molecular formula is C38H64N8O6. The molecule has 6 heterocycles. The molecule has 14 heteroatoms. The van der Waals surface area contributed by atoms with Crippen LogP contribution in [0.25, 0.3) is 0 Å². The van der Waals surface area contributed by atoms with Crippen LogP contribution in [0.1, 0.15) is 104 Å². The highest BCUT2D eigenvalue weighted by Gasteiger charge is 2.46. The average Bonchev–Trinajstić information content (AvgIpc) is 3.97. The van der Waals surface area contributed by atoms with Gasteiger partial charge in [0.15, 0.2) is 0 Å². The van der Waals surface area contributed by atoms with Crippen LogP contribution < -0.4 is 10.6 Å². The number of likely N-dealkylation sites (tertiary alicyclic amines) is 4. The highest BCUT2D eigenvalue weighted by atomic mass is 16.6. The van der Waals surface area contributed by atoms with E-state index in [0.717, 1.165) is 117 Å². The Labute approximate surface area is 310 Å². The maximum atomic E-state index is 12.5. The van der Waals surface area contributed by atoms with Crippen LogP contribution in [-0.4, -0.2) is 168 Å². The number of ether oxygens (including phenoxy) is 2. The highest BCUT2D eigenvalue weighted by Crippen LogP contribution is 2.35. The summed E-state index contributed by atoms with van der Waals surface area (Å²) in [5.41, 5.74) is 0. The van der Waals surface area contributed by atoms with E-state index in [9.17, 15) is 19.2 Å². The van der Waals surface area contributed by atoms with Crippen molar-refractivity contribution in [2.24, 2.45) is 0 Å². The van der Waals surface area contributed by atoms with E-state index in [-0.39, 0.29) is 24.2 Å². The summed E-state index contributed by atoms with van der Waals surface area (Å²) in [7, 11) is 0. The van der Waals surface area contributed by atoms with Gasteiger partial charge < -0.3 is 39.7 Å². The second-order valence-corrected chi connectivity index (χ2v) is 16.3. The Morgan fingerprint density at radius 2 is 0.904 bits per heavy atom. The van der Waals surface area contributed by atoms with Crippen LogP contribution >= 0.6 is 0 Å². The first kappa shape index (κ1) is 37.3. The molecule has 52 heavy (non-hydrogen) atoms. The molecule has 2 saturated carbocycles. The number of carbonyl (C=O) groups excluding carboxylic acids is 4. The number of amides is 6. The van der Waals surface area contributed by atoms with Crippen molar-refractivity contribution in [1.29, 1.82) is 0 Å². The molecule has 0 aromatic heterocycles. The van der Waals surface area contributed by atoms with E-state index in [2.05, 4.69) is 30.2 Å². The summed E-state index contributed by atoms with van der Waals surface area (Å²) in [6.45, 7) is 11.8. The predicted molar refractivity (Wildman–Crippen MR) is 196 cm³/mol. The number of rotatable bonds is 6. The van der Waals surface area contributed by atoms with E-state index in [1.165, 1.54) is 25.7 Å². The molecule has 8 rings (SSSR count). The zero-order chi connectivity index (χ0) is 36.2. The zero-order valence-corrected chi connectivity index (χ0v) is 31.7. The van der Waals surface area contributed by atoms with E-state index in [1.54, 1.807) is 0 Å². The molecule has 6 amide bonds. The molecule has 0 aromatic carbocycles. The molecule has 0 aromatic rings. The summed E-state index contributed by atoms with van der Waals surface area (Å²) < 4.78 is 10.3. The second-order valence-electron chi connectivity index (χ2n) is 16.3. The van der Waals surface area contributed by atoms with Gasteiger partial charge in [0.25, 0.3) is 0 Å². The Balaban J connectivity index is 0.000000162. The number of carbonyl (C=O) groups is 4. The summed E-state index contributed by atoms with van der Waals surface area (Å²) in [5, 5.41) is 6.43. The third-order valence-corrected chi connectivity index (χ3v) is 13.5. The minimum absolute atomic E-state index is 0.162. The number of nitrogens with one attached hydrogen (secondary N) is 2. The molecule has 8 fully saturated rings. The van der Waals surface area contributed by atoms with Crippen molar-refractivity contribution in [2.45, 2.75) is 152 Å². The quantitative estimate of drug-likeness (QED) is 0.420. The van der Waals surface area contributed by atoms with Gasteiger partial charge in [-0.3, -0.25) is 9.80 Å². The molecule has 6 saturated heterocycles. The van der Waals surface area contributed by atoms with Crippen molar-refractivity contribution in [3.8, 4) is 0 Å². The number of piperidine rings is 2. The molecule has 0 radical (unpaired) electrons. The maximum absolute atomic E-state index is 12.5. The van der Waals surface area contributed by atoms with Gasteiger partial charge in [0.1, 0.15) is 0 Å². The number of urea groups is 2. The molecule has 8 aliphatic rings. The smallest absolute Gasteiger partial charge is 0.409 e. The van der Waals surface area contributed by atoms with Crippen molar-refractivity contribution in [3.05, 3.63) is 0 Å². The summed E-state index contributed by atoms with van der Waals surface area (Å²) in [5.74, 6) is 0. The largest absolute Gasteiger partial charge is 0.450 e. The van der Waals surface area contributed by atoms with Crippen molar-refractivity contribution in [3.63, 3.8) is 0 Å². The van der Waals surface area contributed by atoms with E-state index in [4.69, 9.17) is 9.47 Å². The van der Waals surface area contributed by atoms with Gasteiger partial charge in [0.05, 0.1) is 37.4 Å². The van der Waals surface area contributed by atoms with Crippen molar-refractivity contribution in [2.75, 3.05) is 65.6 Å². The minimum atomic E-state index is -0.179. The SMILES string of the molecule is CCOC(=O)N1CC[C@@H](N2CCC(N3C(=O)N[C@H]4CCCC[C@@H]43)CC2)C1.CCOC(=O)N1CC[C@H](N2CCC(N3C(=O)N[C@H]4CCCC[C@@H]43)CC2)C1. The zero-order valence-electron chi connectivity index (χ0n) is 31.7. The number of nitrogens with zero attached hydrogens (tertiary/aromatic N) is 6. The Morgan fingerprint density at radius 3 is 1.29 bits per heavy atom. The Hall–Kier alpha value is -3.00. The topological polar surface area (TPSA) is 130 Å².